The molecule has 1 aromatic carbocycles. The summed E-state index contributed by atoms with van der Waals surface area (Å²) in [7, 11) is -1.31. The minimum atomic E-state index is -4.58. The highest BCUT2D eigenvalue weighted by Crippen LogP contribution is 2.25. The van der Waals surface area contributed by atoms with Crippen LogP contribution in [0.1, 0.15) is 0 Å². The van der Waals surface area contributed by atoms with Gasteiger partial charge >= 0.3 is 5.76 Å². The second-order valence-electron chi connectivity index (χ2n) is 3.31. The molecule has 4 nitrogen and oxygen atoms in total. The van der Waals surface area contributed by atoms with Gasteiger partial charge in [0, 0.05) is 14.1 Å². The zero-order chi connectivity index (χ0) is 12.3. The molecular weight excluding hydrogens is 238 g/mol. The molecule has 0 spiro atoms. The first-order chi connectivity index (χ1) is 7.35. The van der Waals surface area contributed by atoms with Crippen molar-refractivity contribution in [1.82, 2.24) is 5.01 Å². The molecule has 0 unspecified atom stereocenters. The second-order valence-corrected chi connectivity index (χ2v) is 5.19. The summed E-state index contributed by atoms with van der Waals surface area (Å²) in [6.45, 7) is 0. The third kappa shape index (κ3) is 2.67. The second kappa shape index (κ2) is 4.75. The van der Waals surface area contributed by atoms with Crippen LogP contribution in [-0.4, -0.2) is 33.3 Å². The number of hydrogen-bond acceptors (Lipinski definition) is 4. The van der Waals surface area contributed by atoms with Crippen LogP contribution >= 0.6 is 0 Å². The van der Waals surface area contributed by atoms with Crippen LogP contribution in [-0.2, 0) is 9.84 Å². The van der Waals surface area contributed by atoms with Crippen LogP contribution in [0.15, 0.2) is 29.2 Å². The van der Waals surface area contributed by atoms with E-state index in [1.54, 1.807) is 20.2 Å². The van der Waals surface area contributed by atoms with Crippen molar-refractivity contribution in [2.24, 2.45) is 0 Å². The molecule has 0 saturated carbocycles. The van der Waals surface area contributed by atoms with Gasteiger partial charge in [0.2, 0.25) is 9.84 Å². The lowest BCUT2D eigenvalue weighted by Gasteiger charge is -2.16. The van der Waals surface area contributed by atoms with Crippen LogP contribution in [0.4, 0.5) is 14.5 Å². The smallest absolute Gasteiger partial charge is 0.318 e. The van der Waals surface area contributed by atoms with E-state index in [2.05, 4.69) is 5.43 Å². The molecule has 0 atom stereocenters. The van der Waals surface area contributed by atoms with E-state index >= 15 is 0 Å². The number of nitrogens with zero attached hydrogens (tertiary/aromatic N) is 1. The van der Waals surface area contributed by atoms with E-state index in [1.807, 2.05) is 0 Å². The minimum Gasteiger partial charge on any atom is -0.318 e. The van der Waals surface area contributed by atoms with Gasteiger partial charge in [0.15, 0.2) is 0 Å². The Morgan fingerprint density at radius 2 is 1.81 bits per heavy atom. The third-order valence-corrected chi connectivity index (χ3v) is 3.21. The van der Waals surface area contributed by atoms with Gasteiger partial charge in [0.25, 0.3) is 0 Å². The van der Waals surface area contributed by atoms with Gasteiger partial charge in [-0.25, -0.2) is 13.4 Å². The van der Waals surface area contributed by atoms with Crippen molar-refractivity contribution >= 4 is 15.5 Å². The number of nitrogens with one attached hydrogen (secondary N) is 1. The summed E-state index contributed by atoms with van der Waals surface area (Å²) in [5.74, 6) is -3.42. The van der Waals surface area contributed by atoms with Gasteiger partial charge in [0.05, 0.1) is 10.6 Å². The Bertz CT molecular complexity index is 460. The number of anilines is 1. The number of rotatable bonds is 4. The number of alkyl halides is 2. The molecule has 0 aromatic heterocycles. The van der Waals surface area contributed by atoms with Gasteiger partial charge in [-0.05, 0) is 12.1 Å². The molecule has 1 rings (SSSR count). The van der Waals surface area contributed by atoms with Crippen molar-refractivity contribution in [1.29, 1.82) is 0 Å². The first kappa shape index (κ1) is 12.9. The molecule has 90 valence electrons. The summed E-state index contributed by atoms with van der Waals surface area (Å²) < 4.78 is 47.4. The Balaban J connectivity index is 3.24. The summed E-state index contributed by atoms with van der Waals surface area (Å²) in [4.78, 5) is -0.404. The average molecular weight is 250 g/mol. The number of sulfone groups is 1. The zero-order valence-corrected chi connectivity index (χ0v) is 9.63. The standard InChI is InChI=1S/C9H12F2N2O2S/c1-13(2)12-7-5-3-4-6-8(7)16(14,15)9(10)11/h3-6,9,12H,1-2H3. The van der Waals surface area contributed by atoms with E-state index < -0.39 is 20.5 Å². The Morgan fingerprint density at radius 1 is 1.25 bits per heavy atom. The predicted octanol–water partition coefficient (Wildman–Crippen LogP) is 1.57. The van der Waals surface area contributed by atoms with Crippen molar-refractivity contribution in [3.8, 4) is 0 Å². The maximum atomic E-state index is 12.4. The average Bonchev–Trinajstić information content (AvgIpc) is 2.17. The number of para-hydroxylation sites is 1. The summed E-state index contributed by atoms with van der Waals surface area (Å²) in [6.07, 6.45) is 0. The van der Waals surface area contributed by atoms with Crippen LogP contribution in [0.5, 0.6) is 0 Å². The van der Waals surface area contributed by atoms with Crippen molar-refractivity contribution in [2.75, 3.05) is 19.5 Å². The highest BCUT2D eigenvalue weighted by molar-refractivity contribution is 7.91. The van der Waals surface area contributed by atoms with Gasteiger partial charge in [-0.3, -0.25) is 0 Å². The molecular formula is C9H12F2N2O2S. The molecule has 0 aliphatic carbocycles. The number of hydrazine groups is 1. The van der Waals surface area contributed by atoms with E-state index in [1.165, 1.54) is 17.1 Å². The molecule has 0 aliphatic rings. The Morgan fingerprint density at radius 3 is 2.31 bits per heavy atom. The van der Waals surface area contributed by atoms with E-state index in [0.29, 0.717) is 0 Å². The van der Waals surface area contributed by atoms with Crippen LogP contribution in [0.3, 0.4) is 0 Å². The highest BCUT2D eigenvalue weighted by Gasteiger charge is 2.28. The minimum absolute atomic E-state index is 0.132. The van der Waals surface area contributed by atoms with Crippen LogP contribution < -0.4 is 5.43 Å². The van der Waals surface area contributed by atoms with Crippen molar-refractivity contribution in [2.45, 2.75) is 10.7 Å². The fraction of sp³-hybridized carbons (Fsp3) is 0.333. The Labute approximate surface area is 92.8 Å². The third-order valence-electron chi connectivity index (χ3n) is 1.77. The molecule has 7 heteroatoms. The van der Waals surface area contributed by atoms with Crippen LogP contribution in [0.2, 0.25) is 0 Å². The van der Waals surface area contributed by atoms with Gasteiger partial charge in [-0.1, -0.05) is 12.1 Å². The van der Waals surface area contributed by atoms with E-state index in [-0.39, 0.29) is 5.69 Å². The van der Waals surface area contributed by atoms with Gasteiger partial charge in [-0.2, -0.15) is 8.78 Å². The first-order valence-corrected chi connectivity index (χ1v) is 5.95. The van der Waals surface area contributed by atoms with E-state index in [4.69, 9.17) is 0 Å². The quantitative estimate of drug-likeness (QED) is 0.824. The lowest BCUT2D eigenvalue weighted by Crippen LogP contribution is -2.22. The SMILES string of the molecule is CN(C)Nc1ccccc1S(=O)(=O)C(F)F. The monoisotopic (exact) mass is 250 g/mol. The summed E-state index contributed by atoms with van der Waals surface area (Å²) in [5.41, 5.74) is 2.79. The van der Waals surface area contributed by atoms with Crippen molar-refractivity contribution < 1.29 is 17.2 Å². The molecule has 0 radical (unpaired) electrons. The zero-order valence-electron chi connectivity index (χ0n) is 8.81. The predicted molar refractivity (Wildman–Crippen MR) is 56.9 cm³/mol. The number of halogens is 2. The Kier molecular flexibility index (Phi) is 3.82. The molecule has 0 saturated heterocycles. The van der Waals surface area contributed by atoms with Gasteiger partial charge in [0.1, 0.15) is 0 Å². The molecule has 0 fully saturated rings. The van der Waals surface area contributed by atoms with Crippen molar-refractivity contribution in [3.63, 3.8) is 0 Å². The number of benzene rings is 1. The molecule has 0 bridgehead atoms. The first-order valence-electron chi connectivity index (χ1n) is 4.40. The Hall–Kier alpha value is -1.21. The summed E-state index contributed by atoms with van der Waals surface area (Å²) in [6, 6.07) is 5.54. The molecule has 1 N–H and O–H groups in total. The summed E-state index contributed by atoms with van der Waals surface area (Å²) in [5, 5.41) is 1.47. The van der Waals surface area contributed by atoms with E-state index in [9.17, 15) is 17.2 Å². The van der Waals surface area contributed by atoms with Gasteiger partial charge < -0.3 is 5.43 Å². The van der Waals surface area contributed by atoms with Gasteiger partial charge in [-0.15, -0.1) is 0 Å². The van der Waals surface area contributed by atoms with Crippen molar-refractivity contribution in [3.05, 3.63) is 24.3 Å². The molecule has 1 aromatic rings. The number of hydrogen-bond donors (Lipinski definition) is 1. The molecule has 16 heavy (non-hydrogen) atoms. The fourth-order valence-corrected chi connectivity index (χ4v) is 2.02. The lowest BCUT2D eigenvalue weighted by molar-refractivity contribution is 0.235. The topological polar surface area (TPSA) is 49.4 Å². The fourth-order valence-electron chi connectivity index (χ4n) is 1.14. The summed E-state index contributed by atoms with van der Waals surface area (Å²) >= 11 is 0. The normalized spacial score (nSPS) is 12.1. The van der Waals surface area contributed by atoms with E-state index in [0.717, 1.165) is 6.07 Å². The lowest BCUT2D eigenvalue weighted by atomic mass is 10.3. The molecule has 0 aliphatic heterocycles. The largest absolute Gasteiger partial charge is 0.341 e. The maximum absolute atomic E-state index is 12.4. The van der Waals surface area contributed by atoms with Crippen LogP contribution in [0, 0.1) is 0 Å². The molecule has 0 amide bonds. The van der Waals surface area contributed by atoms with Crippen LogP contribution in [0.25, 0.3) is 0 Å². The molecule has 0 heterocycles. The maximum Gasteiger partial charge on any atom is 0.341 e. The highest BCUT2D eigenvalue weighted by atomic mass is 32.2.